The predicted octanol–water partition coefficient (Wildman–Crippen LogP) is 0.426. The molecule has 2 unspecified atom stereocenters. The van der Waals surface area contributed by atoms with E-state index >= 15 is 0 Å². The Bertz CT molecular complexity index is 263. The van der Waals surface area contributed by atoms with Crippen molar-refractivity contribution in [1.29, 1.82) is 0 Å². The van der Waals surface area contributed by atoms with Gasteiger partial charge in [0.05, 0.1) is 0 Å². The van der Waals surface area contributed by atoms with Crippen molar-refractivity contribution in [3.63, 3.8) is 0 Å². The average Bonchev–Trinajstić information content (AvgIpc) is 2.11. The van der Waals surface area contributed by atoms with Crippen LogP contribution in [-0.2, 0) is 9.59 Å². The fourth-order valence-corrected chi connectivity index (χ4v) is 1.49. The first-order chi connectivity index (χ1) is 6.40. The Morgan fingerprint density at radius 2 is 2.00 bits per heavy atom. The predicted molar refractivity (Wildman–Crippen MR) is 53.6 cm³/mol. The van der Waals surface area contributed by atoms with Crippen LogP contribution in [0.25, 0.3) is 0 Å². The van der Waals surface area contributed by atoms with E-state index in [1.807, 2.05) is 20.8 Å². The van der Waals surface area contributed by atoms with E-state index in [-0.39, 0.29) is 23.8 Å². The summed E-state index contributed by atoms with van der Waals surface area (Å²) in [6.07, 6.45) is 0.607. The summed E-state index contributed by atoms with van der Waals surface area (Å²) in [5.41, 5.74) is -0.734. The first-order valence-electron chi connectivity index (χ1n) is 5.03. The van der Waals surface area contributed by atoms with Gasteiger partial charge in [-0.1, -0.05) is 20.8 Å². The van der Waals surface area contributed by atoms with E-state index in [4.69, 9.17) is 0 Å². The second kappa shape index (κ2) is 3.59. The zero-order valence-corrected chi connectivity index (χ0v) is 9.18. The Labute approximate surface area is 84.4 Å². The Kier molecular flexibility index (Phi) is 2.83. The number of carbonyl (C=O) groups is 2. The van der Waals surface area contributed by atoms with Gasteiger partial charge in [0.2, 0.25) is 11.8 Å². The maximum absolute atomic E-state index is 11.7. The number of hydrogen-bond donors (Lipinski definition) is 2. The fraction of sp³-hybridized carbons (Fsp3) is 0.800. The van der Waals surface area contributed by atoms with E-state index in [9.17, 15) is 9.59 Å². The maximum atomic E-state index is 11.7. The van der Waals surface area contributed by atoms with Gasteiger partial charge in [0.1, 0.15) is 11.6 Å². The minimum Gasteiger partial charge on any atom is -0.342 e. The number of rotatable bonds is 2. The molecular formula is C10H18N2O2. The molecule has 4 heteroatoms. The number of carbonyl (C=O) groups excluding carboxylic acids is 2. The average molecular weight is 198 g/mol. The van der Waals surface area contributed by atoms with Crippen LogP contribution < -0.4 is 10.6 Å². The SMILES string of the molecule is CCC1(C)NC(=O)C(C(C)C)NC1=O. The molecule has 2 atom stereocenters. The minimum absolute atomic E-state index is 0.0797. The van der Waals surface area contributed by atoms with Gasteiger partial charge in [-0.2, -0.15) is 0 Å². The molecule has 1 aliphatic heterocycles. The molecule has 2 amide bonds. The summed E-state index contributed by atoms with van der Waals surface area (Å²) in [6.45, 7) is 7.46. The molecule has 1 fully saturated rings. The van der Waals surface area contributed by atoms with Crippen molar-refractivity contribution >= 4 is 11.8 Å². The number of piperazine rings is 1. The third-order valence-electron chi connectivity index (χ3n) is 2.84. The van der Waals surface area contributed by atoms with Crippen LogP contribution >= 0.6 is 0 Å². The van der Waals surface area contributed by atoms with Crippen molar-refractivity contribution in [2.75, 3.05) is 0 Å². The molecular weight excluding hydrogens is 180 g/mol. The standard InChI is InChI=1S/C10H18N2O2/c1-5-10(4)9(14)11-7(6(2)3)8(13)12-10/h6-7H,5H2,1-4H3,(H,11,14)(H,12,13). The molecule has 0 aliphatic carbocycles. The van der Waals surface area contributed by atoms with Gasteiger partial charge in [0.15, 0.2) is 0 Å². The first kappa shape index (κ1) is 11.0. The maximum Gasteiger partial charge on any atom is 0.246 e. The van der Waals surface area contributed by atoms with E-state index < -0.39 is 5.54 Å². The van der Waals surface area contributed by atoms with Crippen LogP contribution in [0.2, 0.25) is 0 Å². The molecule has 14 heavy (non-hydrogen) atoms. The van der Waals surface area contributed by atoms with Crippen molar-refractivity contribution in [3.05, 3.63) is 0 Å². The zero-order chi connectivity index (χ0) is 10.9. The van der Waals surface area contributed by atoms with Crippen LogP contribution in [0.4, 0.5) is 0 Å². The summed E-state index contributed by atoms with van der Waals surface area (Å²) in [4.78, 5) is 23.3. The van der Waals surface area contributed by atoms with Crippen molar-refractivity contribution < 1.29 is 9.59 Å². The topological polar surface area (TPSA) is 58.2 Å². The fourth-order valence-electron chi connectivity index (χ4n) is 1.49. The lowest BCUT2D eigenvalue weighted by atomic mass is 9.90. The summed E-state index contributed by atoms with van der Waals surface area (Å²) in [5, 5.41) is 5.53. The lowest BCUT2D eigenvalue weighted by Gasteiger charge is -2.38. The zero-order valence-electron chi connectivity index (χ0n) is 9.18. The summed E-state index contributed by atoms with van der Waals surface area (Å²) >= 11 is 0. The van der Waals surface area contributed by atoms with Crippen LogP contribution in [0.1, 0.15) is 34.1 Å². The molecule has 1 saturated heterocycles. The van der Waals surface area contributed by atoms with Crippen molar-refractivity contribution in [2.24, 2.45) is 5.92 Å². The Hall–Kier alpha value is -1.06. The van der Waals surface area contributed by atoms with E-state index in [1.54, 1.807) is 6.92 Å². The highest BCUT2D eigenvalue weighted by atomic mass is 16.2. The largest absolute Gasteiger partial charge is 0.342 e. The van der Waals surface area contributed by atoms with Crippen molar-refractivity contribution in [1.82, 2.24) is 10.6 Å². The van der Waals surface area contributed by atoms with Gasteiger partial charge in [0, 0.05) is 0 Å². The molecule has 1 aliphatic rings. The molecule has 0 spiro atoms. The quantitative estimate of drug-likeness (QED) is 0.676. The molecule has 0 aromatic heterocycles. The molecule has 0 bridgehead atoms. The molecule has 1 heterocycles. The summed E-state index contributed by atoms with van der Waals surface area (Å²) in [5.74, 6) is -0.0393. The van der Waals surface area contributed by atoms with Crippen LogP contribution in [-0.4, -0.2) is 23.4 Å². The van der Waals surface area contributed by atoms with E-state index in [0.717, 1.165) is 0 Å². The molecule has 0 radical (unpaired) electrons. The highest BCUT2D eigenvalue weighted by Gasteiger charge is 2.42. The van der Waals surface area contributed by atoms with Crippen molar-refractivity contribution in [3.8, 4) is 0 Å². The normalized spacial score (nSPS) is 32.8. The second-order valence-electron chi connectivity index (χ2n) is 4.37. The van der Waals surface area contributed by atoms with Gasteiger partial charge in [-0.25, -0.2) is 0 Å². The van der Waals surface area contributed by atoms with E-state index in [0.29, 0.717) is 6.42 Å². The molecule has 0 aromatic rings. The lowest BCUT2D eigenvalue weighted by Crippen LogP contribution is -2.68. The summed E-state index contributed by atoms with van der Waals surface area (Å²) in [7, 11) is 0. The van der Waals surface area contributed by atoms with Gasteiger partial charge in [-0.3, -0.25) is 9.59 Å². The van der Waals surface area contributed by atoms with Crippen LogP contribution in [0, 0.1) is 5.92 Å². The van der Waals surface area contributed by atoms with Gasteiger partial charge in [0.25, 0.3) is 0 Å². The molecule has 80 valence electrons. The number of amides is 2. The number of nitrogens with one attached hydrogen (secondary N) is 2. The monoisotopic (exact) mass is 198 g/mol. The van der Waals surface area contributed by atoms with E-state index in [1.165, 1.54) is 0 Å². The van der Waals surface area contributed by atoms with Crippen LogP contribution in [0.3, 0.4) is 0 Å². The summed E-state index contributed by atoms with van der Waals surface area (Å²) < 4.78 is 0. The highest BCUT2D eigenvalue weighted by molar-refractivity contribution is 5.99. The molecule has 0 aromatic carbocycles. The lowest BCUT2D eigenvalue weighted by molar-refractivity contribution is -0.142. The van der Waals surface area contributed by atoms with Crippen LogP contribution in [0.5, 0.6) is 0 Å². The first-order valence-corrected chi connectivity index (χ1v) is 5.03. The van der Waals surface area contributed by atoms with E-state index in [2.05, 4.69) is 10.6 Å². The molecule has 2 N–H and O–H groups in total. The number of hydrogen-bond acceptors (Lipinski definition) is 2. The highest BCUT2D eigenvalue weighted by Crippen LogP contribution is 2.16. The summed E-state index contributed by atoms with van der Waals surface area (Å²) in [6, 6.07) is -0.387. The van der Waals surface area contributed by atoms with Gasteiger partial charge >= 0.3 is 0 Å². The molecule has 0 saturated carbocycles. The van der Waals surface area contributed by atoms with Gasteiger partial charge in [-0.15, -0.1) is 0 Å². The molecule has 1 rings (SSSR count). The smallest absolute Gasteiger partial charge is 0.246 e. The Morgan fingerprint density at radius 1 is 1.43 bits per heavy atom. The third kappa shape index (κ3) is 1.74. The van der Waals surface area contributed by atoms with Gasteiger partial charge in [-0.05, 0) is 19.3 Å². The second-order valence-corrected chi connectivity index (χ2v) is 4.37. The third-order valence-corrected chi connectivity index (χ3v) is 2.84. The van der Waals surface area contributed by atoms with Gasteiger partial charge < -0.3 is 10.6 Å². The Balaban J connectivity index is 2.82. The van der Waals surface area contributed by atoms with Crippen molar-refractivity contribution in [2.45, 2.75) is 45.7 Å². The Morgan fingerprint density at radius 3 is 2.43 bits per heavy atom. The minimum atomic E-state index is -0.734. The van der Waals surface area contributed by atoms with Crippen LogP contribution in [0.15, 0.2) is 0 Å². The molecule has 4 nitrogen and oxygen atoms in total.